The number of hydrogen-bond acceptors (Lipinski definition) is 2. The van der Waals surface area contributed by atoms with Crippen LogP contribution in [0.1, 0.15) is 11.1 Å². The molecular weight excluding hydrogens is 229 g/mol. The molecule has 1 N–H and O–H groups in total. The first-order valence-corrected chi connectivity index (χ1v) is 5.72. The minimum Gasteiger partial charge on any atom is -0.338 e. The van der Waals surface area contributed by atoms with Crippen LogP contribution in [0, 0.1) is 19.7 Å². The second kappa shape index (κ2) is 3.91. The lowest BCUT2D eigenvalue weighted by Gasteiger charge is -1.96. The van der Waals surface area contributed by atoms with Gasteiger partial charge in [0.05, 0.1) is 22.8 Å². The van der Waals surface area contributed by atoms with Crippen LogP contribution in [0.15, 0.2) is 30.6 Å². The Kier molecular flexibility index (Phi) is 2.37. The third kappa shape index (κ3) is 1.66. The molecule has 18 heavy (non-hydrogen) atoms. The van der Waals surface area contributed by atoms with Crippen molar-refractivity contribution < 1.29 is 4.39 Å². The molecule has 90 valence electrons. The lowest BCUT2D eigenvalue weighted by Crippen LogP contribution is -1.87. The van der Waals surface area contributed by atoms with Crippen molar-refractivity contribution in [3.05, 3.63) is 47.5 Å². The largest absolute Gasteiger partial charge is 0.338 e. The van der Waals surface area contributed by atoms with Gasteiger partial charge in [0, 0.05) is 6.20 Å². The van der Waals surface area contributed by atoms with Crippen molar-refractivity contribution in [2.75, 3.05) is 0 Å². The molecule has 0 saturated heterocycles. The van der Waals surface area contributed by atoms with Gasteiger partial charge in [-0.25, -0.2) is 9.37 Å². The predicted molar refractivity (Wildman–Crippen MR) is 68.8 cm³/mol. The second-order valence-electron chi connectivity index (χ2n) is 4.42. The Hall–Kier alpha value is -2.23. The smallest absolute Gasteiger partial charge is 0.152 e. The molecule has 3 aromatic rings. The molecule has 2 heterocycles. The Balaban J connectivity index is 2.26. The number of imidazole rings is 1. The third-order valence-electron chi connectivity index (χ3n) is 2.95. The summed E-state index contributed by atoms with van der Waals surface area (Å²) in [4.78, 5) is 11.4. The first-order chi connectivity index (χ1) is 8.65. The molecule has 1 aromatic carbocycles. The number of aryl methyl sites for hydroxylation is 2. The summed E-state index contributed by atoms with van der Waals surface area (Å²) >= 11 is 0. The van der Waals surface area contributed by atoms with E-state index in [0.29, 0.717) is 11.4 Å². The molecule has 0 radical (unpaired) electrons. The van der Waals surface area contributed by atoms with Gasteiger partial charge in [-0.05, 0) is 37.1 Å². The first-order valence-electron chi connectivity index (χ1n) is 5.72. The van der Waals surface area contributed by atoms with E-state index in [1.54, 1.807) is 12.3 Å². The van der Waals surface area contributed by atoms with Crippen molar-refractivity contribution in [2.45, 2.75) is 13.8 Å². The molecule has 2 aromatic heterocycles. The van der Waals surface area contributed by atoms with E-state index in [2.05, 4.69) is 21.0 Å². The van der Waals surface area contributed by atoms with E-state index >= 15 is 0 Å². The number of H-pyrrole nitrogens is 1. The average Bonchev–Trinajstić information content (AvgIpc) is 2.73. The van der Waals surface area contributed by atoms with Crippen molar-refractivity contribution in [3.63, 3.8) is 0 Å². The molecule has 0 aliphatic carbocycles. The van der Waals surface area contributed by atoms with Gasteiger partial charge in [-0.15, -0.1) is 0 Å². The lowest BCUT2D eigenvalue weighted by atomic mass is 10.1. The summed E-state index contributed by atoms with van der Waals surface area (Å²) in [7, 11) is 0. The number of fused-ring (bicyclic) bond motifs is 1. The van der Waals surface area contributed by atoms with Crippen LogP contribution >= 0.6 is 0 Å². The molecule has 0 amide bonds. The fraction of sp³-hybridized carbons (Fsp3) is 0.143. The monoisotopic (exact) mass is 241 g/mol. The van der Waals surface area contributed by atoms with E-state index in [9.17, 15) is 4.39 Å². The molecule has 0 aliphatic rings. The number of halogens is 1. The van der Waals surface area contributed by atoms with E-state index in [4.69, 9.17) is 0 Å². The van der Waals surface area contributed by atoms with Crippen molar-refractivity contribution in [3.8, 4) is 11.4 Å². The highest BCUT2D eigenvalue weighted by atomic mass is 19.1. The summed E-state index contributed by atoms with van der Waals surface area (Å²) in [6.45, 7) is 4.03. The minimum absolute atomic E-state index is 0.370. The zero-order valence-corrected chi connectivity index (χ0v) is 10.2. The molecular formula is C14H12FN3. The topological polar surface area (TPSA) is 41.6 Å². The standard InChI is InChI=1S/C14H12FN3/c1-8-5-9(2)13-12(6-8)17-14(18-13)10-3-4-16-7-11(10)15/h3-7H,1-2H3,(H,17,18). The van der Waals surface area contributed by atoms with Gasteiger partial charge in [-0.3, -0.25) is 4.98 Å². The van der Waals surface area contributed by atoms with Gasteiger partial charge < -0.3 is 4.98 Å². The SMILES string of the molecule is Cc1cc(C)c2nc(-c3ccncc3F)[nH]c2c1. The van der Waals surface area contributed by atoms with Crippen LogP contribution in [0.25, 0.3) is 22.4 Å². The fourth-order valence-electron chi connectivity index (χ4n) is 2.17. The summed E-state index contributed by atoms with van der Waals surface area (Å²) in [5.41, 5.74) is 4.50. The number of pyridine rings is 1. The van der Waals surface area contributed by atoms with E-state index in [0.717, 1.165) is 22.2 Å². The van der Waals surface area contributed by atoms with Crippen LogP contribution < -0.4 is 0 Å². The normalized spacial score (nSPS) is 11.1. The Bertz CT molecular complexity index is 731. The minimum atomic E-state index is -0.370. The summed E-state index contributed by atoms with van der Waals surface area (Å²) in [6.07, 6.45) is 2.75. The van der Waals surface area contributed by atoms with Gasteiger partial charge in [0.25, 0.3) is 0 Å². The average molecular weight is 241 g/mol. The maximum Gasteiger partial charge on any atom is 0.152 e. The summed E-state index contributed by atoms with van der Waals surface area (Å²) in [5.74, 6) is 0.171. The Morgan fingerprint density at radius 1 is 1.22 bits per heavy atom. The molecule has 3 rings (SSSR count). The maximum absolute atomic E-state index is 13.7. The van der Waals surface area contributed by atoms with Crippen LogP contribution in [0.4, 0.5) is 4.39 Å². The molecule has 3 nitrogen and oxygen atoms in total. The Morgan fingerprint density at radius 2 is 2.06 bits per heavy atom. The summed E-state index contributed by atoms with van der Waals surface area (Å²) in [5, 5.41) is 0. The van der Waals surface area contributed by atoms with Gasteiger partial charge in [-0.1, -0.05) is 6.07 Å². The van der Waals surface area contributed by atoms with Crippen LogP contribution in [0.5, 0.6) is 0 Å². The van der Waals surface area contributed by atoms with E-state index in [-0.39, 0.29) is 5.82 Å². The van der Waals surface area contributed by atoms with E-state index < -0.39 is 0 Å². The quantitative estimate of drug-likeness (QED) is 0.709. The van der Waals surface area contributed by atoms with Crippen LogP contribution in [-0.2, 0) is 0 Å². The molecule has 0 spiro atoms. The highest BCUT2D eigenvalue weighted by Crippen LogP contribution is 2.24. The number of aromatic nitrogens is 3. The second-order valence-corrected chi connectivity index (χ2v) is 4.42. The van der Waals surface area contributed by atoms with Crippen molar-refractivity contribution >= 4 is 11.0 Å². The zero-order valence-electron chi connectivity index (χ0n) is 10.2. The number of nitrogens with one attached hydrogen (secondary N) is 1. The van der Waals surface area contributed by atoms with Crippen molar-refractivity contribution in [1.29, 1.82) is 0 Å². The highest BCUT2D eigenvalue weighted by Gasteiger charge is 2.11. The molecule has 0 aliphatic heterocycles. The molecule has 0 unspecified atom stereocenters. The highest BCUT2D eigenvalue weighted by molar-refractivity contribution is 5.83. The van der Waals surface area contributed by atoms with Crippen molar-refractivity contribution in [2.24, 2.45) is 0 Å². The number of aromatic amines is 1. The number of rotatable bonds is 1. The van der Waals surface area contributed by atoms with E-state index in [1.165, 1.54) is 6.20 Å². The van der Waals surface area contributed by atoms with Crippen LogP contribution in [0.3, 0.4) is 0 Å². The zero-order chi connectivity index (χ0) is 12.7. The number of hydrogen-bond donors (Lipinski definition) is 1. The van der Waals surface area contributed by atoms with Gasteiger partial charge in [-0.2, -0.15) is 0 Å². The van der Waals surface area contributed by atoms with E-state index in [1.807, 2.05) is 19.9 Å². The first kappa shape index (κ1) is 10.9. The molecule has 0 atom stereocenters. The summed E-state index contributed by atoms with van der Waals surface area (Å²) in [6, 6.07) is 5.70. The lowest BCUT2D eigenvalue weighted by molar-refractivity contribution is 0.624. The Morgan fingerprint density at radius 3 is 2.83 bits per heavy atom. The van der Waals surface area contributed by atoms with Crippen molar-refractivity contribution in [1.82, 2.24) is 15.0 Å². The number of nitrogens with zero attached hydrogens (tertiary/aromatic N) is 2. The predicted octanol–water partition coefficient (Wildman–Crippen LogP) is 3.38. The van der Waals surface area contributed by atoms with Gasteiger partial charge in [0.1, 0.15) is 5.82 Å². The van der Waals surface area contributed by atoms with Gasteiger partial charge in [0.15, 0.2) is 5.82 Å². The Labute approximate surface area is 104 Å². The third-order valence-corrected chi connectivity index (χ3v) is 2.95. The van der Waals surface area contributed by atoms with Gasteiger partial charge >= 0.3 is 0 Å². The van der Waals surface area contributed by atoms with Crippen LogP contribution in [-0.4, -0.2) is 15.0 Å². The summed E-state index contributed by atoms with van der Waals surface area (Å²) < 4.78 is 13.7. The van der Waals surface area contributed by atoms with Crippen LogP contribution in [0.2, 0.25) is 0 Å². The number of benzene rings is 1. The molecule has 0 saturated carbocycles. The fourth-order valence-corrected chi connectivity index (χ4v) is 2.17. The molecule has 0 fully saturated rings. The van der Waals surface area contributed by atoms with Gasteiger partial charge in [0.2, 0.25) is 0 Å². The maximum atomic E-state index is 13.7. The molecule has 4 heteroatoms. The molecule has 0 bridgehead atoms.